The number of hydrogen-bond donors (Lipinski definition) is 0. The lowest BCUT2D eigenvalue weighted by molar-refractivity contribution is 0.895. The van der Waals surface area contributed by atoms with Crippen LogP contribution in [0.4, 0.5) is 0 Å². The standard InChI is InChI=1S/C11H18NP/c1-4-5-8-13-11-10(3)9(2)6-7-12-11/h6-7,13H,4-5,8H2,1-3H3. The van der Waals surface area contributed by atoms with Gasteiger partial charge in [0.1, 0.15) is 0 Å². The van der Waals surface area contributed by atoms with Crippen LogP contribution in [0.3, 0.4) is 0 Å². The molecule has 1 nitrogen and oxygen atoms in total. The maximum Gasteiger partial charge on any atom is 0.0631 e. The zero-order chi connectivity index (χ0) is 9.68. The molecule has 0 aliphatic heterocycles. The van der Waals surface area contributed by atoms with E-state index in [2.05, 4.69) is 31.8 Å². The quantitative estimate of drug-likeness (QED) is 0.531. The van der Waals surface area contributed by atoms with Crippen LogP contribution in [-0.2, 0) is 0 Å². The molecular weight excluding hydrogens is 177 g/mol. The first kappa shape index (κ1) is 10.7. The fourth-order valence-electron chi connectivity index (χ4n) is 1.19. The van der Waals surface area contributed by atoms with Crippen LogP contribution in [-0.4, -0.2) is 11.1 Å². The van der Waals surface area contributed by atoms with Crippen molar-refractivity contribution in [2.45, 2.75) is 33.6 Å². The first-order chi connectivity index (χ1) is 6.25. The van der Waals surface area contributed by atoms with E-state index in [-0.39, 0.29) is 0 Å². The van der Waals surface area contributed by atoms with Gasteiger partial charge in [0.15, 0.2) is 0 Å². The molecule has 0 aliphatic rings. The van der Waals surface area contributed by atoms with Gasteiger partial charge in [-0.15, -0.1) is 0 Å². The van der Waals surface area contributed by atoms with Crippen molar-refractivity contribution in [2.75, 3.05) is 6.16 Å². The number of hydrogen-bond acceptors (Lipinski definition) is 1. The van der Waals surface area contributed by atoms with Gasteiger partial charge in [-0.2, -0.15) is 0 Å². The van der Waals surface area contributed by atoms with Crippen LogP contribution in [0.1, 0.15) is 30.9 Å². The molecular formula is C11H18NP. The fourth-order valence-corrected chi connectivity index (χ4v) is 2.59. The van der Waals surface area contributed by atoms with Crippen molar-refractivity contribution in [3.8, 4) is 0 Å². The molecule has 1 heterocycles. The minimum Gasteiger partial charge on any atom is -0.257 e. The van der Waals surface area contributed by atoms with Gasteiger partial charge in [0.05, 0.1) is 5.44 Å². The summed E-state index contributed by atoms with van der Waals surface area (Å²) in [6.07, 6.45) is 5.84. The number of rotatable bonds is 4. The smallest absolute Gasteiger partial charge is 0.0631 e. The molecule has 0 amide bonds. The fraction of sp³-hybridized carbons (Fsp3) is 0.545. The van der Waals surface area contributed by atoms with E-state index in [1.165, 1.54) is 35.6 Å². The average molecular weight is 195 g/mol. The number of aromatic nitrogens is 1. The van der Waals surface area contributed by atoms with E-state index in [4.69, 9.17) is 0 Å². The van der Waals surface area contributed by atoms with Crippen molar-refractivity contribution in [1.82, 2.24) is 4.98 Å². The summed E-state index contributed by atoms with van der Waals surface area (Å²) in [5, 5.41) is 0. The molecule has 0 spiro atoms. The molecule has 0 aromatic carbocycles. The number of nitrogens with zero attached hydrogens (tertiary/aromatic N) is 1. The van der Waals surface area contributed by atoms with Crippen LogP contribution >= 0.6 is 8.58 Å². The van der Waals surface area contributed by atoms with Gasteiger partial charge in [0.2, 0.25) is 0 Å². The van der Waals surface area contributed by atoms with Crippen LogP contribution in [0.15, 0.2) is 12.3 Å². The van der Waals surface area contributed by atoms with Crippen molar-refractivity contribution >= 4 is 14.0 Å². The van der Waals surface area contributed by atoms with E-state index in [0.29, 0.717) is 0 Å². The van der Waals surface area contributed by atoms with Crippen LogP contribution in [0.5, 0.6) is 0 Å². The summed E-state index contributed by atoms with van der Waals surface area (Å²) in [6, 6.07) is 2.09. The predicted octanol–water partition coefficient (Wildman–Crippen LogP) is 2.80. The molecule has 0 aliphatic carbocycles. The molecule has 2 heteroatoms. The Bertz CT molecular complexity index is 271. The first-order valence-electron chi connectivity index (χ1n) is 4.91. The van der Waals surface area contributed by atoms with Crippen LogP contribution in [0.25, 0.3) is 0 Å². The number of unbranched alkanes of at least 4 members (excludes halogenated alkanes) is 1. The maximum absolute atomic E-state index is 4.42. The minimum absolute atomic E-state index is 0.895. The molecule has 0 radical (unpaired) electrons. The van der Waals surface area contributed by atoms with Crippen LogP contribution in [0.2, 0.25) is 0 Å². The molecule has 72 valence electrons. The summed E-state index contributed by atoms with van der Waals surface area (Å²) in [7, 11) is 0.895. The summed E-state index contributed by atoms with van der Waals surface area (Å²) in [6.45, 7) is 6.57. The lowest BCUT2D eigenvalue weighted by Crippen LogP contribution is -2.07. The van der Waals surface area contributed by atoms with E-state index in [0.717, 1.165) is 8.58 Å². The third-order valence-electron chi connectivity index (χ3n) is 2.30. The van der Waals surface area contributed by atoms with Crippen molar-refractivity contribution in [3.05, 3.63) is 23.4 Å². The van der Waals surface area contributed by atoms with Crippen LogP contribution in [0, 0.1) is 13.8 Å². The largest absolute Gasteiger partial charge is 0.257 e. The Hall–Kier alpha value is -0.420. The average Bonchev–Trinajstić information content (AvgIpc) is 2.13. The highest BCUT2D eigenvalue weighted by Crippen LogP contribution is 2.15. The Balaban J connectivity index is 2.61. The first-order valence-corrected chi connectivity index (χ1v) is 6.12. The molecule has 1 aromatic heterocycles. The molecule has 0 bridgehead atoms. The Morgan fingerprint density at radius 2 is 2.15 bits per heavy atom. The van der Waals surface area contributed by atoms with Crippen molar-refractivity contribution in [1.29, 1.82) is 0 Å². The number of pyridine rings is 1. The van der Waals surface area contributed by atoms with Gasteiger partial charge in [-0.3, -0.25) is 4.98 Å². The second kappa shape index (κ2) is 5.34. The SMILES string of the molecule is CCCCPc1nccc(C)c1C. The Morgan fingerprint density at radius 3 is 2.85 bits per heavy atom. The van der Waals surface area contributed by atoms with Gasteiger partial charge in [0.25, 0.3) is 0 Å². The third-order valence-corrected chi connectivity index (χ3v) is 3.74. The predicted molar refractivity (Wildman–Crippen MR) is 61.4 cm³/mol. The minimum atomic E-state index is 0.895. The highest BCUT2D eigenvalue weighted by Gasteiger charge is 2.00. The Kier molecular flexibility index (Phi) is 4.38. The zero-order valence-electron chi connectivity index (χ0n) is 8.72. The van der Waals surface area contributed by atoms with Crippen molar-refractivity contribution in [2.24, 2.45) is 0 Å². The molecule has 0 saturated heterocycles. The summed E-state index contributed by atoms with van der Waals surface area (Å²) < 4.78 is 0. The van der Waals surface area contributed by atoms with Gasteiger partial charge in [-0.25, -0.2) is 0 Å². The summed E-state index contributed by atoms with van der Waals surface area (Å²) >= 11 is 0. The van der Waals surface area contributed by atoms with Gasteiger partial charge in [-0.1, -0.05) is 21.9 Å². The molecule has 0 N–H and O–H groups in total. The van der Waals surface area contributed by atoms with E-state index >= 15 is 0 Å². The van der Waals surface area contributed by atoms with Crippen molar-refractivity contribution in [3.63, 3.8) is 0 Å². The molecule has 0 saturated carbocycles. The van der Waals surface area contributed by atoms with E-state index in [1.54, 1.807) is 0 Å². The monoisotopic (exact) mass is 195 g/mol. The topological polar surface area (TPSA) is 12.9 Å². The Labute approximate surface area is 82.8 Å². The molecule has 1 rings (SSSR count). The highest BCUT2D eigenvalue weighted by atomic mass is 31.1. The lowest BCUT2D eigenvalue weighted by Gasteiger charge is -2.06. The molecule has 1 aromatic rings. The zero-order valence-corrected chi connectivity index (χ0v) is 9.72. The lowest BCUT2D eigenvalue weighted by atomic mass is 10.2. The Morgan fingerprint density at radius 1 is 1.38 bits per heavy atom. The second-order valence-electron chi connectivity index (χ2n) is 3.38. The summed E-state index contributed by atoms with van der Waals surface area (Å²) in [4.78, 5) is 4.42. The van der Waals surface area contributed by atoms with E-state index < -0.39 is 0 Å². The van der Waals surface area contributed by atoms with E-state index in [9.17, 15) is 0 Å². The summed E-state index contributed by atoms with van der Waals surface area (Å²) in [5.41, 5.74) is 4.07. The van der Waals surface area contributed by atoms with Crippen molar-refractivity contribution < 1.29 is 0 Å². The second-order valence-corrected chi connectivity index (χ2v) is 4.71. The molecule has 1 unspecified atom stereocenters. The van der Waals surface area contributed by atoms with Gasteiger partial charge >= 0.3 is 0 Å². The van der Waals surface area contributed by atoms with Gasteiger partial charge in [-0.05, 0) is 43.6 Å². The van der Waals surface area contributed by atoms with Crippen LogP contribution < -0.4 is 5.44 Å². The van der Waals surface area contributed by atoms with Gasteiger partial charge in [0, 0.05) is 6.20 Å². The highest BCUT2D eigenvalue weighted by molar-refractivity contribution is 7.46. The normalized spacial score (nSPS) is 11.3. The third kappa shape index (κ3) is 3.08. The van der Waals surface area contributed by atoms with E-state index in [1.807, 2.05) is 6.20 Å². The molecule has 13 heavy (non-hydrogen) atoms. The number of aryl methyl sites for hydroxylation is 1. The summed E-state index contributed by atoms with van der Waals surface area (Å²) in [5.74, 6) is 0. The molecule has 1 atom stereocenters. The maximum atomic E-state index is 4.42. The molecule has 0 fully saturated rings. The van der Waals surface area contributed by atoms with Gasteiger partial charge < -0.3 is 0 Å².